The zero-order valence-corrected chi connectivity index (χ0v) is 13.6. The van der Waals surface area contributed by atoms with Crippen molar-refractivity contribution >= 4 is 15.9 Å². The molecule has 0 aromatic heterocycles. The molecule has 1 aromatic carbocycles. The molecule has 22 heavy (non-hydrogen) atoms. The van der Waals surface area contributed by atoms with Gasteiger partial charge in [0.25, 0.3) is 0 Å². The van der Waals surface area contributed by atoms with E-state index in [4.69, 9.17) is 0 Å². The molecule has 1 amide bonds. The molecule has 0 radical (unpaired) electrons. The highest BCUT2D eigenvalue weighted by atomic mass is 32.2. The van der Waals surface area contributed by atoms with Crippen LogP contribution in [0.1, 0.15) is 18.9 Å². The number of piperazine rings is 1. The number of phenols is 1. The number of para-hydroxylation sites is 1. The van der Waals surface area contributed by atoms with Crippen LogP contribution in [-0.4, -0.2) is 60.6 Å². The molecule has 0 bridgehead atoms. The summed E-state index contributed by atoms with van der Waals surface area (Å²) in [5.41, 5.74) is 0.753. The first-order chi connectivity index (χ1) is 10.4. The Bertz CT molecular complexity index is 622. The lowest BCUT2D eigenvalue weighted by Crippen LogP contribution is -2.50. The van der Waals surface area contributed by atoms with Crippen LogP contribution in [0.25, 0.3) is 0 Å². The van der Waals surface area contributed by atoms with E-state index >= 15 is 0 Å². The molecule has 1 heterocycles. The Morgan fingerprint density at radius 2 is 1.82 bits per heavy atom. The molecule has 0 aliphatic carbocycles. The normalized spacial score (nSPS) is 16.7. The average molecular weight is 326 g/mol. The maximum absolute atomic E-state index is 12.2. The summed E-state index contributed by atoms with van der Waals surface area (Å²) in [6, 6.07) is 6.98. The first kappa shape index (κ1) is 16.8. The monoisotopic (exact) mass is 326 g/mol. The highest BCUT2D eigenvalue weighted by Gasteiger charge is 2.27. The molecule has 6 nitrogen and oxygen atoms in total. The summed E-state index contributed by atoms with van der Waals surface area (Å²) < 4.78 is 25.0. The number of carbonyl (C=O) groups is 1. The fraction of sp³-hybridized carbons (Fsp3) is 0.533. The molecule has 1 aliphatic heterocycles. The van der Waals surface area contributed by atoms with Gasteiger partial charge in [0, 0.05) is 32.6 Å². The van der Waals surface area contributed by atoms with Crippen molar-refractivity contribution < 1.29 is 18.3 Å². The van der Waals surface area contributed by atoms with E-state index < -0.39 is 10.0 Å². The van der Waals surface area contributed by atoms with Crippen LogP contribution in [0, 0.1) is 0 Å². The van der Waals surface area contributed by atoms with Gasteiger partial charge in [0.15, 0.2) is 0 Å². The number of aromatic hydroxyl groups is 1. The Morgan fingerprint density at radius 3 is 2.41 bits per heavy atom. The van der Waals surface area contributed by atoms with Gasteiger partial charge < -0.3 is 10.0 Å². The predicted octanol–water partition coefficient (Wildman–Crippen LogP) is 0.819. The summed E-state index contributed by atoms with van der Waals surface area (Å²) in [6.45, 7) is 3.20. The fourth-order valence-corrected chi connectivity index (χ4v) is 3.60. The third kappa shape index (κ3) is 3.98. The lowest BCUT2D eigenvalue weighted by molar-refractivity contribution is -0.132. The molecule has 1 aliphatic rings. The number of phenolic OH excluding ortho intramolecular Hbond substituents is 1. The topological polar surface area (TPSA) is 77.9 Å². The van der Waals surface area contributed by atoms with Crippen LogP contribution in [0.3, 0.4) is 0 Å². The number of amides is 1. The highest BCUT2D eigenvalue weighted by Crippen LogP contribution is 2.18. The van der Waals surface area contributed by atoms with E-state index in [2.05, 4.69) is 0 Å². The van der Waals surface area contributed by atoms with Crippen LogP contribution in [0.15, 0.2) is 24.3 Å². The second kappa shape index (κ2) is 7.11. The Balaban J connectivity index is 1.84. The second-order valence-corrected chi connectivity index (χ2v) is 7.57. The van der Waals surface area contributed by atoms with E-state index in [0.29, 0.717) is 39.0 Å². The minimum absolute atomic E-state index is 0.00296. The highest BCUT2D eigenvalue weighted by molar-refractivity contribution is 7.89. The fourth-order valence-electron chi connectivity index (χ4n) is 2.52. The Morgan fingerprint density at radius 1 is 1.18 bits per heavy atom. The summed E-state index contributed by atoms with van der Waals surface area (Å²) in [5, 5.41) is 9.69. The van der Waals surface area contributed by atoms with Gasteiger partial charge in [-0.15, -0.1) is 0 Å². The van der Waals surface area contributed by atoms with E-state index in [1.54, 1.807) is 30.0 Å². The maximum Gasteiger partial charge on any atom is 0.222 e. The molecule has 0 unspecified atom stereocenters. The summed E-state index contributed by atoms with van der Waals surface area (Å²) in [5.74, 6) is 0.291. The summed E-state index contributed by atoms with van der Waals surface area (Å²) in [4.78, 5) is 13.9. The van der Waals surface area contributed by atoms with Crippen molar-refractivity contribution in [2.24, 2.45) is 0 Å². The van der Waals surface area contributed by atoms with Crippen LogP contribution >= 0.6 is 0 Å². The molecule has 0 saturated carbocycles. The van der Waals surface area contributed by atoms with Gasteiger partial charge in [-0.05, 0) is 25.0 Å². The van der Waals surface area contributed by atoms with Crippen LogP contribution in [0.5, 0.6) is 5.75 Å². The van der Waals surface area contributed by atoms with E-state index in [-0.39, 0.29) is 17.4 Å². The number of hydrogen-bond donors (Lipinski definition) is 1. The van der Waals surface area contributed by atoms with Gasteiger partial charge in [-0.2, -0.15) is 4.31 Å². The van der Waals surface area contributed by atoms with E-state index in [1.807, 2.05) is 6.07 Å². The smallest absolute Gasteiger partial charge is 0.222 e. The molecule has 122 valence electrons. The number of rotatable bonds is 5. The molecule has 1 fully saturated rings. The quantitative estimate of drug-likeness (QED) is 0.869. The van der Waals surface area contributed by atoms with Gasteiger partial charge in [-0.3, -0.25) is 4.79 Å². The van der Waals surface area contributed by atoms with E-state index in [1.165, 1.54) is 4.31 Å². The zero-order valence-electron chi connectivity index (χ0n) is 12.7. The predicted molar refractivity (Wildman–Crippen MR) is 84.0 cm³/mol. The van der Waals surface area contributed by atoms with Crippen molar-refractivity contribution in [2.45, 2.75) is 19.8 Å². The number of aryl methyl sites for hydroxylation is 1. The van der Waals surface area contributed by atoms with Gasteiger partial charge in [-0.1, -0.05) is 18.2 Å². The molecule has 0 atom stereocenters. The maximum atomic E-state index is 12.2. The standard InChI is InChI=1S/C15H22N2O4S/c1-2-22(20,21)17-11-9-16(10-12-17)15(19)8-7-13-5-3-4-6-14(13)18/h3-6,18H,2,7-12H2,1H3. The Hall–Kier alpha value is -1.60. The number of carbonyl (C=O) groups excluding carboxylic acids is 1. The van der Waals surface area contributed by atoms with Crippen LogP contribution < -0.4 is 0 Å². The third-order valence-electron chi connectivity index (χ3n) is 3.95. The molecule has 2 rings (SSSR count). The lowest BCUT2D eigenvalue weighted by atomic mass is 10.1. The van der Waals surface area contributed by atoms with Crippen molar-refractivity contribution in [2.75, 3.05) is 31.9 Å². The van der Waals surface area contributed by atoms with Gasteiger partial charge in [-0.25, -0.2) is 8.42 Å². The van der Waals surface area contributed by atoms with Crippen molar-refractivity contribution in [3.05, 3.63) is 29.8 Å². The van der Waals surface area contributed by atoms with Gasteiger partial charge in [0.2, 0.25) is 15.9 Å². The van der Waals surface area contributed by atoms with Crippen molar-refractivity contribution in [3.63, 3.8) is 0 Å². The average Bonchev–Trinajstić information content (AvgIpc) is 2.54. The van der Waals surface area contributed by atoms with Gasteiger partial charge >= 0.3 is 0 Å². The molecular weight excluding hydrogens is 304 g/mol. The molecule has 1 saturated heterocycles. The lowest BCUT2D eigenvalue weighted by Gasteiger charge is -2.33. The van der Waals surface area contributed by atoms with Gasteiger partial charge in [0.05, 0.1) is 5.75 Å². The molecule has 7 heteroatoms. The summed E-state index contributed by atoms with van der Waals surface area (Å²) in [6.07, 6.45) is 0.803. The Kier molecular flexibility index (Phi) is 5.42. The van der Waals surface area contributed by atoms with E-state index in [9.17, 15) is 18.3 Å². The first-order valence-corrected chi connectivity index (χ1v) is 9.07. The first-order valence-electron chi connectivity index (χ1n) is 7.46. The van der Waals surface area contributed by atoms with Crippen LogP contribution in [0.2, 0.25) is 0 Å². The van der Waals surface area contributed by atoms with Crippen molar-refractivity contribution in [1.29, 1.82) is 0 Å². The van der Waals surface area contributed by atoms with E-state index in [0.717, 1.165) is 5.56 Å². The second-order valence-electron chi connectivity index (χ2n) is 5.31. The summed E-state index contributed by atoms with van der Waals surface area (Å²) >= 11 is 0. The minimum Gasteiger partial charge on any atom is -0.508 e. The van der Waals surface area contributed by atoms with Gasteiger partial charge in [0.1, 0.15) is 5.75 Å². The molecule has 1 N–H and O–H groups in total. The summed E-state index contributed by atoms with van der Waals surface area (Å²) in [7, 11) is -3.17. The molecular formula is C15H22N2O4S. The minimum atomic E-state index is -3.17. The Labute approximate surface area is 131 Å². The molecule has 1 aromatic rings. The number of benzene rings is 1. The SMILES string of the molecule is CCS(=O)(=O)N1CCN(C(=O)CCc2ccccc2O)CC1. The number of sulfonamides is 1. The molecule has 0 spiro atoms. The van der Waals surface area contributed by atoms with Crippen molar-refractivity contribution in [1.82, 2.24) is 9.21 Å². The van der Waals surface area contributed by atoms with Crippen LogP contribution in [-0.2, 0) is 21.2 Å². The number of hydrogen-bond acceptors (Lipinski definition) is 4. The third-order valence-corrected chi connectivity index (χ3v) is 5.83. The van der Waals surface area contributed by atoms with Crippen LogP contribution in [0.4, 0.5) is 0 Å². The largest absolute Gasteiger partial charge is 0.508 e. The zero-order chi connectivity index (χ0) is 16.2. The number of nitrogens with zero attached hydrogens (tertiary/aromatic N) is 2. The van der Waals surface area contributed by atoms with Crippen molar-refractivity contribution in [3.8, 4) is 5.75 Å².